The summed E-state index contributed by atoms with van der Waals surface area (Å²) in [7, 11) is 0. The highest BCUT2D eigenvalue weighted by Gasteiger charge is 2.23. The van der Waals surface area contributed by atoms with Crippen molar-refractivity contribution < 1.29 is 9.59 Å². The van der Waals surface area contributed by atoms with Crippen molar-refractivity contribution in [1.29, 1.82) is 0 Å². The maximum atomic E-state index is 12.5. The van der Waals surface area contributed by atoms with Crippen molar-refractivity contribution in [2.24, 2.45) is 17.6 Å². The molecular formula is C25H33N3O2. The van der Waals surface area contributed by atoms with Crippen LogP contribution in [-0.4, -0.2) is 29.8 Å². The lowest BCUT2D eigenvalue weighted by atomic mass is 9.97. The molecule has 5 heteroatoms. The highest BCUT2D eigenvalue weighted by atomic mass is 16.2. The summed E-state index contributed by atoms with van der Waals surface area (Å²) in [5.41, 5.74) is 9.68. The van der Waals surface area contributed by atoms with Gasteiger partial charge in [-0.15, -0.1) is 0 Å². The van der Waals surface area contributed by atoms with E-state index in [2.05, 4.69) is 36.2 Å². The molecule has 0 aromatic heterocycles. The Morgan fingerprint density at radius 1 is 1.10 bits per heavy atom. The minimum Gasteiger partial charge on any atom is -0.369 e. The van der Waals surface area contributed by atoms with Gasteiger partial charge in [0, 0.05) is 25.2 Å². The molecular weight excluding hydrogens is 374 g/mol. The number of piperidine rings is 1. The van der Waals surface area contributed by atoms with Crippen LogP contribution < -0.4 is 11.1 Å². The first-order valence-electron chi connectivity index (χ1n) is 10.9. The number of hydrogen-bond donors (Lipinski definition) is 2. The molecule has 3 rings (SSSR count). The van der Waals surface area contributed by atoms with Gasteiger partial charge in [0.2, 0.25) is 5.91 Å². The quantitative estimate of drug-likeness (QED) is 0.703. The molecule has 2 amide bonds. The third kappa shape index (κ3) is 6.42. The van der Waals surface area contributed by atoms with E-state index in [1.165, 1.54) is 11.1 Å². The highest BCUT2D eigenvalue weighted by Crippen LogP contribution is 2.19. The number of rotatable bonds is 8. The van der Waals surface area contributed by atoms with Crippen LogP contribution in [-0.2, 0) is 24.3 Å². The molecule has 1 fully saturated rings. The molecule has 0 radical (unpaired) electrons. The Morgan fingerprint density at radius 3 is 2.53 bits per heavy atom. The number of amides is 2. The molecule has 3 N–H and O–H groups in total. The van der Waals surface area contributed by atoms with E-state index < -0.39 is 0 Å². The Labute approximate surface area is 179 Å². The Kier molecular flexibility index (Phi) is 7.63. The van der Waals surface area contributed by atoms with Gasteiger partial charge in [-0.2, -0.15) is 0 Å². The molecule has 2 aromatic carbocycles. The molecule has 0 aliphatic carbocycles. The molecule has 1 unspecified atom stereocenters. The number of carbonyl (C=O) groups excluding carboxylic acids is 2. The molecule has 2 aromatic rings. The highest BCUT2D eigenvalue weighted by molar-refractivity contribution is 5.94. The molecule has 1 aliphatic heterocycles. The Morgan fingerprint density at radius 2 is 1.83 bits per heavy atom. The normalized spacial score (nSPS) is 17.1. The van der Waals surface area contributed by atoms with Crippen molar-refractivity contribution in [3.8, 4) is 0 Å². The Bertz CT molecular complexity index is 861. The first-order valence-corrected chi connectivity index (χ1v) is 10.9. The van der Waals surface area contributed by atoms with Crippen LogP contribution in [0, 0.1) is 11.8 Å². The number of hydrogen-bond acceptors (Lipinski definition) is 3. The van der Waals surface area contributed by atoms with Crippen molar-refractivity contribution >= 4 is 11.8 Å². The molecule has 1 aliphatic rings. The number of benzene rings is 2. The van der Waals surface area contributed by atoms with Crippen molar-refractivity contribution in [2.45, 2.75) is 46.2 Å². The van der Waals surface area contributed by atoms with Crippen molar-refractivity contribution in [1.82, 2.24) is 10.2 Å². The lowest BCUT2D eigenvalue weighted by Crippen LogP contribution is -2.40. The lowest BCUT2D eigenvalue weighted by Gasteiger charge is -2.31. The van der Waals surface area contributed by atoms with E-state index in [-0.39, 0.29) is 17.7 Å². The van der Waals surface area contributed by atoms with Gasteiger partial charge in [-0.1, -0.05) is 50.2 Å². The summed E-state index contributed by atoms with van der Waals surface area (Å²) < 4.78 is 0. The summed E-state index contributed by atoms with van der Waals surface area (Å²) in [6, 6.07) is 16.1. The van der Waals surface area contributed by atoms with Crippen LogP contribution in [0.2, 0.25) is 0 Å². The fourth-order valence-electron chi connectivity index (χ4n) is 4.08. The summed E-state index contributed by atoms with van der Waals surface area (Å²) in [5.74, 6) is 0.293. The number of likely N-dealkylation sites (tertiary alicyclic amines) is 1. The van der Waals surface area contributed by atoms with Crippen LogP contribution in [0.15, 0.2) is 48.5 Å². The maximum absolute atomic E-state index is 12.5. The van der Waals surface area contributed by atoms with E-state index in [4.69, 9.17) is 5.73 Å². The van der Waals surface area contributed by atoms with E-state index in [0.717, 1.165) is 44.5 Å². The zero-order valence-corrected chi connectivity index (χ0v) is 18.1. The number of carbonyl (C=O) groups is 2. The average Bonchev–Trinajstić information content (AvgIpc) is 2.72. The fourth-order valence-corrected chi connectivity index (χ4v) is 4.08. The van der Waals surface area contributed by atoms with Gasteiger partial charge >= 0.3 is 0 Å². The number of primary amides is 1. The molecule has 5 nitrogen and oxygen atoms in total. The summed E-state index contributed by atoms with van der Waals surface area (Å²) in [5, 5.41) is 3.01. The summed E-state index contributed by atoms with van der Waals surface area (Å²) in [6.07, 6.45) is 2.90. The Balaban J connectivity index is 1.53. The standard InChI is InChI=1S/C25H33N3O2/c1-18(2)13-19-8-10-22(11-9-19)25(30)27-15-20-5-3-6-21(14-20)16-28-12-4-7-23(17-28)24(26)29/h3,5-6,8-11,14,18,23H,4,7,12-13,15-17H2,1-2H3,(H2,26,29)(H,27,30). The largest absolute Gasteiger partial charge is 0.369 e. The second-order valence-electron chi connectivity index (χ2n) is 8.77. The first-order chi connectivity index (χ1) is 14.4. The molecule has 160 valence electrons. The van der Waals surface area contributed by atoms with E-state index in [1.54, 1.807) is 0 Å². The lowest BCUT2D eigenvalue weighted by molar-refractivity contribution is -0.123. The molecule has 0 bridgehead atoms. The predicted octanol–water partition coefficient (Wildman–Crippen LogP) is 3.51. The van der Waals surface area contributed by atoms with Crippen molar-refractivity contribution in [2.75, 3.05) is 13.1 Å². The van der Waals surface area contributed by atoms with E-state index >= 15 is 0 Å². The topological polar surface area (TPSA) is 75.4 Å². The fraction of sp³-hybridized carbons (Fsp3) is 0.440. The van der Waals surface area contributed by atoms with Gasteiger partial charge < -0.3 is 11.1 Å². The number of nitrogens with two attached hydrogens (primary N) is 1. The molecule has 30 heavy (non-hydrogen) atoms. The van der Waals surface area contributed by atoms with Gasteiger partial charge in [0.1, 0.15) is 0 Å². The second kappa shape index (κ2) is 10.4. The van der Waals surface area contributed by atoms with Gasteiger partial charge in [0.05, 0.1) is 5.92 Å². The van der Waals surface area contributed by atoms with Gasteiger partial charge in [0.15, 0.2) is 0 Å². The predicted molar refractivity (Wildman–Crippen MR) is 120 cm³/mol. The third-order valence-corrected chi connectivity index (χ3v) is 5.62. The second-order valence-corrected chi connectivity index (χ2v) is 8.77. The van der Waals surface area contributed by atoms with Crippen LogP contribution in [0.4, 0.5) is 0 Å². The zero-order valence-electron chi connectivity index (χ0n) is 18.1. The maximum Gasteiger partial charge on any atom is 0.251 e. The Hall–Kier alpha value is -2.66. The monoisotopic (exact) mass is 407 g/mol. The summed E-state index contributed by atoms with van der Waals surface area (Å²) in [4.78, 5) is 26.3. The third-order valence-electron chi connectivity index (χ3n) is 5.62. The van der Waals surface area contributed by atoms with Crippen LogP contribution >= 0.6 is 0 Å². The number of nitrogens with one attached hydrogen (secondary N) is 1. The molecule has 1 saturated heterocycles. The average molecular weight is 408 g/mol. The summed E-state index contributed by atoms with van der Waals surface area (Å²) in [6.45, 7) is 7.38. The number of nitrogens with zero attached hydrogens (tertiary/aromatic N) is 1. The molecule has 0 saturated carbocycles. The van der Waals surface area contributed by atoms with Crippen LogP contribution in [0.25, 0.3) is 0 Å². The molecule has 0 spiro atoms. The van der Waals surface area contributed by atoms with Gasteiger partial charge in [-0.25, -0.2) is 0 Å². The van der Waals surface area contributed by atoms with Crippen LogP contribution in [0.1, 0.15) is 53.7 Å². The molecule has 1 atom stereocenters. The van der Waals surface area contributed by atoms with Crippen LogP contribution in [0.5, 0.6) is 0 Å². The minimum absolute atomic E-state index is 0.0480. The van der Waals surface area contributed by atoms with Gasteiger partial charge in [-0.05, 0) is 60.5 Å². The van der Waals surface area contributed by atoms with E-state index in [1.807, 2.05) is 36.4 Å². The van der Waals surface area contributed by atoms with Crippen LogP contribution in [0.3, 0.4) is 0 Å². The van der Waals surface area contributed by atoms with Crippen molar-refractivity contribution in [3.63, 3.8) is 0 Å². The van der Waals surface area contributed by atoms with Gasteiger partial charge in [0.25, 0.3) is 5.91 Å². The first kappa shape index (κ1) is 22.0. The SMILES string of the molecule is CC(C)Cc1ccc(C(=O)NCc2cccc(CN3CCCC(C(N)=O)C3)c2)cc1. The van der Waals surface area contributed by atoms with E-state index in [0.29, 0.717) is 18.0 Å². The van der Waals surface area contributed by atoms with Crippen molar-refractivity contribution in [3.05, 3.63) is 70.8 Å². The van der Waals surface area contributed by atoms with E-state index in [9.17, 15) is 9.59 Å². The smallest absolute Gasteiger partial charge is 0.251 e. The zero-order chi connectivity index (χ0) is 21.5. The van der Waals surface area contributed by atoms with Gasteiger partial charge in [-0.3, -0.25) is 14.5 Å². The molecule has 1 heterocycles. The summed E-state index contributed by atoms with van der Waals surface area (Å²) >= 11 is 0. The minimum atomic E-state index is -0.201.